The van der Waals surface area contributed by atoms with Crippen molar-refractivity contribution in [2.45, 2.75) is 104 Å². The van der Waals surface area contributed by atoms with Gasteiger partial charge in [-0.05, 0) is 53.9 Å². The molecule has 6 atom stereocenters. The van der Waals surface area contributed by atoms with Crippen molar-refractivity contribution in [3.63, 3.8) is 0 Å². The Bertz CT molecular complexity index is 1350. The van der Waals surface area contributed by atoms with Crippen LogP contribution in [0.1, 0.15) is 71.7 Å². The maximum absolute atomic E-state index is 13.5. The van der Waals surface area contributed by atoms with Gasteiger partial charge in [0.1, 0.15) is 6.10 Å². The smallest absolute Gasteiger partial charge is 0.338 e. The van der Waals surface area contributed by atoms with Gasteiger partial charge in [-0.2, -0.15) is 0 Å². The van der Waals surface area contributed by atoms with Crippen LogP contribution >= 0.6 is 0 Å². The molecule has 0 N–H and O–H groups in total. The Labute approximate surface area is 255 Å². The zero-order chi connectivity index (χ0) is 31.7. The number of esters is 3. The number of hydrogen-bond donors (Lipinski definition) is 0. The summed E-state index contributed by atoms with van der Waals surface area (Å²) in [4.78, 5) is 52.0. The Balaban J connectivity index is 1.92. The summed E-state index contributed by atoms with van der Waals surface area (Å²) in [6.07, 6.45) is -0.970. The first-order chi connectivity index (χ1) is 20.3. The zero-order valence-corrected chi connectivity index (χ0v) is 27.4. The molecular formula is C34H44O8Si. The van der Waals surface area contributed by atoms with Crippen LogP contribution in [0.4, 0.5) is 0 Å². The number of carbonyl (C=O) groups is 4. The van der Waals surface area contributed by atoms with Crippen molar-refractivity contribution in [2.24, 2.45) is 11.3 Å². The molecule has 0 amide bonds. The number of allylic oxidation sites excluding steroid dienone is 2. The summed E-state index contributed by atoms with van der Waals surface area (Å²) in [5.74, 6) is -2.29. The van der Waals surface area contributed by atoms with Crippen LogP contribution in [0.2, 0.25) is 18.1 Å². The van der Waals surface area contributed by atoms with Crippen LogP contribution in [0.5, 0.6) is 0 Å². The van der Waals surface area contributed by atoms with E-state index in [1.165, 1.54) is 13.8 Å². The third-order valence-electron chi connectivity index (χ3n) is 9.83. The summed E-state index contributed by atoms with van der Waals surface area (Å²) >= 11 is 0. The monoisotopic (exact) mass is 608 g/mol. The van der Waals surface area contributed by atoms with Gasteiger partial charge in [-0.25, -0.2) is 4.79 Å². The van der Waals surface area contributed by atoms with Gasteiger partial charge in [0.05, 0.1) is 17.1 Å². The van der Waals surface area contributed by atoms with Crippen LogP contribution < -0.4 is 0 Å². The van der Waals surface area contributed by atoms with E-state index in [4.69, 9.17) is 18.6 Å². The van der Waals surface area contributed by atoms with Gasteiger partial charge < -0.3 is 18.6 Å². The van der Waals surface area contributed by atoms with E-state index in [1.54, 1.807) is 37.3 Å². The lowest BCUT2D eigenvalue weighted by molar-refractivity contribution is -0.192. The molecule has 0 spiro atoms. The van der Waals surface area contributed by atoms with Gasteiger partial charge in [-0.15, -0.1) is 0 Å². The molecule has 0 aromatic heterocycles. The molecule has 0 heterocycles. The first kappa shape index (κ1) is 32.6. The number of ether oxygens (including phenoxy) is 3. The molecular weight excluding hydrogens is 564 g/mol. The van der Waals surface area contributed by atoms with Crippen molar-refractivity contribution >= 4 is 32.0 Å². The van der Waals surface area contributed by atoms with Gasteiger partial charge in [-0.3, -0.25) is 14.4 Å². The molecule has 1 fully saturated rings. The average Bonchev–Trinajstić information content (AvgIpc) is 3.20. The Morgan fingerprint density at radius 2 is 1.58 bits per heavy atom. The molecule has 3 aliphatic rings. The van der Waals surface area contributed by atoms with E-state index in [0.29, 0.717) is 28.7 Å². The number of ketones is 1. The molecule has 0 aliphatic heterocycles. The average molecular weight is 609 g/mol. The largest absolute Gasteiger partial charge is 0.462 e. The highest BCUT2D eigenvalue weighted by Gasteiger charge is 2.62. The van der Waals surface area contributed by atoms with Crippen molar-refractivity contribution < 1.29 is 37.8 Å². The fourth-order valence-electron chi connectivity index (χ4n) is 7.11. The maximum Gasteiger partial charge on any atom is 0.338 e. The van der Waals surface area contributed by atoms with E-state index >= 15 is 0 Å². The first-order valence-corrected chi connectivity index (χ1v) is 17.8. The predicted octanol–water partition coefficient (Wildman–Crippen LogP) is 6.28. The molecule has 9 heteroatoms. The second-order valence-electron chi connectivity index (χ2n) is 12.2. The molecule has 3 aliphatic carbocycles. The van der Waals surface area contributed by atoms with E-state index in [-0.39, 0.29) is 12.2 Å². The maximum atomic E-state index is 13.5. The van der Waals surface area contributed by atoms with Crippen molar-refractivity contribution in [2.75, 3.05) is 0 Å². The Hall–Kier alpha value is -3.30. The van der Waals surface area contributed by atoms with E-state index in [1.807, 2.05) is 13.0 Å². The number of carbonyl (C=O) groups excluding carboxylic acids is 4. The highest BCUT2D eigenvalue weighted by Crippen LogP contribution is 2.56. The Morgan fingerprint density at radius 3 is 2.14 bits per heavy atom. The van der Waals surface area contributed by atoms with Gasteiger partial charge in [0.2, 0.25) is 0 Å². The third-order valence-corrected chi connectivity index (χ3v) is 14.5. The first-order valence-electron chi connectivity index (χ1n) is 15.2. The minimum atomic E-state index is -2.11. The van der Waals surface area contributed by atoms with Crippen molar-refractivity contribution in [1.29, 1.82) is 0 Å². The second-order valence-corrected chi connectivity index (χ2v) is 16.9. The van der Waals surface area contributed by atoms with Gasteiger partial charge in [0.25, 0.3) is 0 Å². The summed E-state index contributed by atoms with van der Waals surface area (Å²) in [5.41, 5.74) is 1.68. The molecule has 1 aromatic carbocycles. The molecule has 1 saturated carbocycles. The van der Waals surface area contributed by atoms with Crippen molar-refractivity contribution in [3.05, 3.63) is 70.8 Å². The summed E-state index contributed by atoms with van der Waals surface area (Å²) in [7, 11) is -2.11. The summed E-state index contributed by atoms with van der Waals surface area (Å²) in [6.45, 7) is 17.2. The molecule has 4 rings (SSSR count). The molecule has 0 radical (unpaired) electrons. The van der Waals surface area contributed by atoms with Crippen molar-refractivity contribution in [1.82, 2.24) is 0 Å². The minimum Gasteiger partial charge on any atom is -0.462 e. The van der Waals surface area contributed by atoms with Gasteiger partial charge >= 0.3 is 17.9 Å². The highest BCUT2D eigenvalue weighted by molar-refractivity contribution is 6.73. The topological polar surface area (TPSA) is 105 Å². The highest BCUT2D eigenvalue weighted by atomic mass is 28.4. The van der Waals surface area contributed by atoms with E-state index in [0.717, 1.165) is 23.7 Å². The summed E-state index contributed by atoms with van der Waals surface area (Å²) in [5, 5.41) is 0. The lowest BCUT2D eigenvalue weighted by Gasteiger charge is -2.53. The van der Waals surface area contributed by atoms with Gasteiger partial charge in [0.15, 0.2) is 26.3 Å². The fourth-order valence-corrected chi connectivity index (χ4v) is 9.96. The minimum absolute atomic E-state index is 0.0904. The fraction of sp³-hybridized carbons (Fsp3) is 0.529. The standard InChI is InChI=1S/C34H44O8Si/c1-9-43(10-2,11-3)42-28-19-29(39-22(6)35)34(8)26(20(28)4)17-25-18-27(37)21(5)30(25)31(32(34)40-23(7)36)41-33(38)24-15-13-12-14-16-24/h12-17,26,28-29,31-32H,4,9-11,18-19H2,1-3,5-8H3/t26-,28+,29+,31-,32+,34+/m1/s1. The molecule has 232 valence electrons. The summed E-state index contributed by atoms with van der Waals surface area (Å²) < 4.78 is 25.3. The number of fused-ring (bicyclic) bond motifs is 2. The van der Waals surface area contributed by atoms with Gasteiger partial charge in [-0.1, -0.05) is 58.5 Å². The summed E-state index contributed by atoms with van der Waals surface area (Å²) in [6, 6.07) is 11.3. The second kappa shape index (κ2) is 12.7. The molecule has 0 bridgehead atoms. The van der Waals surface area contributed by atoms with Crippen molar-refractivity contribution in [3.8, 4) is 0 Å². The molecule has 0 unspecified atom stereocenters. The van der Waals surface area contributed by atoms with Crippen LogP contribution in [-0.2, 0) is 33.0 Å². The number of hydrogen-bond acceptors (Lipinski definition) is 8. The predicted molar refractivity (Wildman–Crippen MR) is 165 cm³/mol. The van der Waals surface area contributed by atoms with E-state index in [2.05, 4.69) is 27.4 Å². The SMILES string of the molecule is C=C1[C@@H](O[Si](CC)(CC)CC)C[C@H](OC(C)=O)[C@]2(C)[C@@H]1C=C1CC(=O)C(C)=C1[C@@H](OC(=O)c1ccccc1)[C@@H]2OC(C)=O. The van der Waals surface area contributed by atoms with Crippen LogP contribution in [0, 0.1) is 11.3 Å². The Kier molecular flexibility index (Phi) is 9.66. The molecule has 43 heavy (non-hydrogen) atoms. The lowest BCUT2D eigenvalue weighted by atomic mass is 9.59. The number of benzene rings is 1. The quantitative estimate of drug-likeness (QED) is 0.140. The van der Waals surface area contributed by atoms with E-state index in [9.17, 15) is 19.2 Å². The van der Waals surface area contributed by atoms with Gasteiger partial charge in [0, 0.05) is 38.2 Å². The van der Waals surface area contributed by atoms with E-state index < -0.39 is 62.0 Å². The zero-order valence-electron chi connectivity index (χ0n) is 26.4. The normalized spacial score (nSPS) is 28.8. The van der Waals surface area contributed by atoms with Crippen LogP contribution in [0.3, 0.4) is 0 Å². The number of rotatable bonds is 9. The molecule has 0 saturated heterocycles. The molecule has 8 nitrogen and oxygen atoms in total. The lowest BCUT2D eigenvalue weighted by Crippen LogP contribution is -2.61. The third kappa shape index (κ3) is 6.06. The van der Waals surface area contributed by atoms with Crippen LogP contribution in [-0.4, -0.2) is 56.4 Å². The van der Waals surface area contributed by atoms with Crippen LogP contribution in [0.25, 0.3) is 0 Å². The Morgan fingerprint density at radius 1 is 0.977 bits per heavy atom. The molecule has 1 aromatic rings. The number of Topliss-reactive ketones (excluding diaryl/α,β-unsaturated/α-hetero) is 1. The van der Waals surface area contributed by atoms with Crippen LogP contribution in [0.15, 0.2) is 65.3 Å².